The van der Waals surface area contributed by atoms with Crippen LogP contribution in [0.15, 0.2) is 36.4 Å². The van der Waals surface area contributed by atoms with Gasteiger partial charge in [-0.25, -0.2) is 4.39 Å². The Balaban J connectivity index is 1.51. The van der Waals surface area contributed by atoms with E-state index < -0.39 is 36.8 Å². The zero-order chi connectivity index (χ0) is 31.9. The Morgan fingerprint density at radius 2 is 2.02 bits per heavy atom. The number of thiophene rings is 1. The Morgan fingerprint density at radius 1 is 1.23 bits per heavy atom. The number of methoxy groups -OCH3 is 2. The summed E-state index contributed by atoms with van der Waals surface area (Å²) in [6, 6.07) is 9.39. The number of nitrogens with one attached hydrogen (secondary N) is 3. The molecule has 1 aliphatic rings. The zero-order valence-corrected chi connectivity index (χ0v) is 25.5. The van der Waals surface area contributed by atoms with E-state index in [1.54, 1.807) is 30.3 Å². The monoisotopic (exact) mass is 636 g/mol. The number of hydrogen-bond donors (Lipinski definition) is 4. The lowest BCUT2D eigenvalue weighted by molar-refractivity contribution is -0.126. The summed E-state index contributed by atoms with van der Waals surface area (Å²) in [5.41, 5.74) is 1.54. The number of ether oxygens (including phenoxy) is 2. The van der Waals surface area contributed by atoms with Crippen molar-refractivity contribution < 1.29 is 36.9 Å². The van der Waals surface area contributed by atoms with Gasteiger partial charge in [0.1, 0.15) is 11.9 Å². The van der Waals surface area contributed by atoms with E-state index in [4.69, 9.17) is 9.47 Å². The number of halogens is 4. The summed E-state index contributed by atoms with van der Waals surface area (Å²) in [4.78, 5) is 14.7. The number of benzene rings is 2. The van der Waals surface area contributed by atoms with Crippen LogP contribution in [0.5, 0.6) is 5.75 Å². The molecule has 1 amide bonds. The number of carbonyl (C=O) groups excluding carboxylic acids is 1. The highest BCUT2D eigenvalue weighted by Crippen LogP contribution is 2.39. The number of anilines is 2. The van der Waals surface area contributed by atoms with Crippen molar-refractivity contribution >= 4 is 38.7 Å². The molecule has 1 aromatic heterocycles. The fourth-order valence-electron chi connectivity index (χ4n) is 4.99. The Bertz CT molecular complexity index is 1500. The maximum Gasteiger partial charge on any atom is 0.393 e. The molecular weight excluding hydrogens is 600 g/mol. The van der Waals surface area contributed by atoms with Crippen molar-refractivity contribution in [2.75, 3.05) is 64.7 Å². The third-order valence-corrected chi connectivity index (χ3v) is 8.37. The SMILES string of the molecule is COCC(O)CNC(=O)c1ccc(NCC#Cc2sc3c(N[C@@H]4CCN(C)CC4F)cccc3c2CC(F)(F)F)c(OC)c1. The van der Waals surface area contributed by atoms with Crippen LogP contribution in [0.1, 0.15) is 27.2 Å². The number of likely N-dealkylation sites (tertiary alicyclic amines) is 1. The average molecular weight is 637 g/mol. The van der Waals surface area contributed by atoms with Gasteiger partial charge in [0.25, 0.3) is 5.91 Å². The molecule has 44 heavy (non-hydrogen) atoms. The second-order valence-electron chi connectivity index (χ2n) is 10.6. The van der Waals surface area contributed by atoms with Crippen molar-refractivity contribution in [2.24, 2.45) is 0 Å². The molecule has 0 spiro atoms. The van der Waals surface area contributed by atoms with E-state index in [1.165, 1.54) is 20.3 Å². The molecular formula is C31H36F4N4O4S. The van der Waals surface area contributed by atoms with Crippen LogP contribution in [-0.4, -0.2) is 94.5 Å². The smallest absolute Gasteiger partial charge is 0.393 e. The fourth-order valence-corrected chi connectivity index (χ4v) is 6.16. The Kier molecular flexibility index (Phi) is 11.3. The molecule has 2 aromatic carbocycles. The third-order valence-electron chi connectivity index (χ3n) is 7.17. The number of carbonyl (C=O) groups is 1. The van der Waals surface area contributed by atoms with E-state index in [1.807, 2.05) is 11.9 Å². The van der Waals surface area contributed by atoms with Gasteiger partial charge < -0.3 is 35.4 Å². The predicted molar refractivity (Wildman–Crippen MR) is 165 cm³/mol. The van der Waals surface area contributed by atoms with Crippen LogP contribution in [0.25, 0.3) is 10.1 Å². The highest BCUT2D eigenvalue weighted by atomic mass is 32.1. The molecule has 238 valence electrons. The lowest BCUT2D eigenvalue weighted by Crippen LogP contribution is -2.46. The van der Waals surface area contributed by atoms with Crippen molar-refractivity contribution in [3.8, 4) is 17.6 Å². The van der Waals surface area contributed by atoms with Crippen molar-refractivity contribution in [1.29, 1.82) is 0 Å². The summed E-state index contributed by atoms with van der Waals surface area (Å²) in [5.74, 6) is 5.77. The van der Waals surface area contributed by atoms with Crippen LogP contribution in [0.3, 0.4) is 0 Å². The lowest BCUT2D eigenvalue weighted by atomic mass is 10.0. The van der Waals surface area contributed by atoms with Gasteiger partial charge in [-0.05, 0) is 48.7 Å². The van der Waals surface area contributed by atoms with Gasteiger partial charge >= 0.3 is 6.18 Å². The van der Waals surface area contributed by atoms with Gasteiger partial charge in [0.15, 0.2) is 0 Å². The molecule has 1 fully saturated rings. The van der Waals surface area contributed by atoms with Gasteiger partial charge in [-0.1, -0.05) is 24.0 Å². The average Bonchev–Trinajstić information content (AvgIpc) is 3.32. The maximum atomic E-state index is 14.7. The minimum Gasteiger partial charge on any atom is -0.495 e. The summed E-state index contributed by atoms with van der Waals surface area (Å²) in [6.07, 6.45) is -6.92. The number of alkyl halides is 4. The summed E-state index contributed by atoms with van der Waals surface area (Å²) < 4.78 is 66.4. The number of aliphatic hydroxyl groups is 1. The standard InChI is InChI=1S/C31H36F4N4O4S/c1-39-13-11-24(23(32)17-39)38-26-7-4-6-21-22(15-31(33,34)35)28(44-29(21)26)8-5-12-36-25-10-9-19(14-27(25)43-3)30(41)37-16-20(40)18-42-2/h4,6-7,9-10,14,20,23-24,36,38,40H,11-13,15-18H2,1-3H3,(H,37,41)/t20?,23?,24-/m1/s1. The molecule has 0 aliphatic carbocycles. The molecule has 2 unspecified atom stereocenters. The van der Waals surface area contributed by atoms with Crippen molar-refractivity contribution in [1.82, 2.24) is 10.2 Å². The fraction of sp³-hybridized carbons (Fsp3) is 0.452. The van der Waals surface area contributed by atoms with Gasteiger partial charge in [-0.3, -0.25) is 4.79 Å². The number of hydrogen-bond acceptors (Lipinski definition) is 8. The molecule has 3 aromatic rings. The Morgan fingerprint density at radius 3 is 2.73 bits per heavy atom. The minimum absolute atomic E-state index is 0.0186. The largest absolute Gasteiger partial charge is 0.495 e. The molecule has 3 atom stereocenters. The summed E-state index contributed by atoms with van der Waals surface area (Å²) >= 11 is 1.16. The molecule has 0 saturated carbocycles. The zero-order valence-electron chi connectivity index (χ0n) is 24.7. The van der Waals surface area contributed by atoms with Gasteiger partial charge in [-0.15, -0.1) is 11.3 Å². The molecule has 0 radical (unpaired) electrons. The molecule has 0 bridgehead atoms. The van der Waals surface area contributed by atoms with Gasteiger partial charge in [0.05, 0.1) is 59.8 Å². The number of nitrogens with zero attached hydrogens (tertiary/aromatic N) is 1. The second kappa shape index (κ2) is 14.9. The normalized spacial score (nSPS) is 17.9. The van der Waals surface area contributed by atoms with E-state index in [0.717, 1.165) is 17.9 Å². The first kappa shape index (κ1) is 33.3. The molecule has 4 N–H and O–H groups in total. The number of amides is 1. The first-order chi connectivity index (χ1) is 21.0. The van der Waals surface area contributed by atoms with Crippen molar-refractivity contribution in [2.45, 2.75) is 37.3 Å². The highest BCUT2D eigenvalue weighted by molar-refractivity contribution is 7.20. The lowest BCUT2D eigenvalue weighted by Gasteiger charge is -2.33. The first-order valence-electron chi connectivity index (χ1n) is 14.0. The quantitative estimate of drug-likeness (QED) is 0.180. The predicted octanol–water partition coefficient (Wildman–Crippen LogP) is 4.67. The Hall–Kier alpha value is -3.57. The number of fused-ring (bicyclic) bond motifs is 1. The van der Waals surface area contributed by atoms with E-state index in [0.29, 0.717) is 50.6 Å². The van der Waals surface area contributed by atoms with E-state index in [9.17, 15) is 27.5 Å². The van der Waals surface area contributed by atoms with Crippen LogP contribution < -0.4 is 20.7 Å². The van der Waals surface area contributed by atoms with Crippen molar-refractivity contribution in [3.63, 3.8) is 0 Å². The first-order valence-corrected chi connectivity index (χ1v) is 14.9. The van der Waals surface area contributed by atoms with Crippen LogP contribution in [0.4, 0.5) is 28.9 Å². The van der Waals surface area contributed by atoms with Crippen LogP contribution >= 0.6 is 11.3 Å². The van der Waals surface area contributed by atoms with Crippen LogP contribution in [0, 0.1) is 11.8 Å². The topological polar surface area (TPSA) is 95.1 Å². The molecule has 1 aliphatic heterocycles. The van der Waals surface area contributed by atoms with Gasteiger partial charge in [0.2, 0.25) is 0 Å². The van der Waals surface area contributed by atoms with Crippen molar-refractivity contribution in [3.05, 3.63) is 52.4 Å². The Labute approximate surface area is 257 Å². The van der Waals surface area contributed by atoms with E-state index in [-0.39, 0.29) is 25.3 Å². The second-order valence-corrected chi connectivity index (χ2v) is 11.6. The van der Waals surface area contributed by atoms with E-state index >= 15 is 0 Å². The molecule has 1 saturated heterocycles. The number of aliphatic hydroxyl groups excluding tert-OH is 1. The maximum absolute atomic E-state index is 14.7. The number of rotatable bonds is 11. The molecule has 8 nitrogen and oxygen atoms in total. The van der Waals surface area contributed by atoms with E-state index in [2.05, 4.69) is 27.8 Å². The van der Waals surface area contributed by atoms with Gasteiger partial charge in [0, 0.05) is 32.3 Å². The number of piperidine rings is 1. The van der Waals surface area contributed by atoms with Crippen LogP contribution in [-0.2, 0) is 11.2 Å². The van der Waals surface area contributed by atoms with Gasteiger partial charge in [-0.2, -0.15) is 13.2 Å². The van der Waals surface area contributed by atoms with Crippen LogP contribution in [0.2, 0.25) is 0 Å². The highest BCUT2D eigenvalue weighted by Gasteiger charge is 2.32. The molecule has 4 rings (SSSR count). The summed E-state index contributed by atoms with van der Waals surface area (Å²) in [5, 5.41) is 19.1. The summed E-state index contributed by atoms with van der Waals surface area (Å²) in [7, 11) is 4.75. The summed E-state index contributed by atoms with van der Waals surface area (Å²) in [6.45, 7) is 1.21. The third kappa shape index (κ3) is 8.75. The molecule has 2 heterocycles. The molecule has 13 heteroatoms. The minimum atomic E-state index is -4.44.